The Kier molecular flexibility index (Phi) is 4.09. The van der Waals surface area contributed by atoms with Crippen molar-refractivity contribution in [1.82, 2.24) is 14.3 Å². The van der Waals surface area contributed by atoms with Gasteiger partial charge >= 0.3 is 0 Å². The molecule has 6 nitrogen and oxygen atoms in total. The Morgan fingerprint density at radius 2 is 2.25 bits per heavy atom. The summed E-state index contributed by atoms with van der Waals surface area (Å²) in [5.41, 5.74) is 0.304. The lowest BCUT2D eigenvalue weighted by Gasteiger charge is -2.08. The molecule has 1 aromatic carbocycles. The van der Waals surface area contributed by atoms with Crippen molar-refractivity contribution in [1.29, 1.82) is 5.26 Å². The summed E-state index contributed by atoms with van der Waals surface area (Å²) in [6, 6.07) is 5.92. The van der Waals surface area contributed by atoms with Crippen LogP contribution in [0.4, 0.5) is 0 Å². The molecule has 0 saturated carbocycles. The molecule has 1 aromatic heterocycles. The van der Waals surface area contributed by atoms with Crippen molar-refractivity contribution in [2.24, 2.45) is 7.05 Å². The van der Waals surface area contributed by atoms with E-state index in [9.17, 15) is 8.42 Å². The second-order valence-corrected chi connectivity index (χ2v) is 6.18. The predicted molar refractivity (Wildman–Crippen MR) is 73.4 cm³/mol. The largest absolute Gasteiger partial charge is 0.337 e. The van der Waals surface area contributed by atoms with Crippen LogP contribution in [0, 0.1) is 11.3 Å². The highest BCUT2D eigenvalue weighted by atomic mass is 35.5. The van der Waals surface area contributed by atoms with E-state index < -0.39 is 10.0 Å². The Hall–Kier alpha value is -1.88. The number of nitriles is 1. The predicted octanol–water partition coefficient (Wildman–Crippen LogP) is 1.42. The van der Waals surface area contributed by atoms with Crippen LogP contribution in [0.2, 0.25) is 5.02 Å². The smallest absolute Gasteiger partial charge is 0.242 e. The summed E-state index contributed by atoms with van der Waals surface area (Å²) in [5.74, 6) is 0.582. The number of halogens is 1. The van der Waals surface area contributed by atoms with E-state index in [2.05, 4.69) is 9.71 Å². The lowest BCUT2D eigenvalue weighted by molar-refractivity contribution is 0.577. The molecular weight excluding hydrogens is 300 g/mol. The van der Waals surface area contributed by atoms with Crippen LogP contribution in [0.1, 0.15) is 11.4 Å². The number of imidazole rings is 1. The summed E-state index contributed by atoms with van der Waals surface area (Å²) in [7, 11) is -1.98. The fourth-order valence-corrected chi connectivity index (χ4v) is 3.12. The molecule has 0 unspecified atom stereocenters. The van der Waals surface area contributed by atoms with Gasteiger partial charge in [0.15, 0.2) is 0 Å². The van der Waals surface area contributed by atoms with Gasteiger partial charge in [-0.05, 0) is 18.2 Å². The summed E-state index contributed by atoms with van der Waals surface area (Å²) < 4.78 is 28.4. The maximum absolute atomic E-state index is 12.1. The third kappa shape index (κ3) is 2.99. The molecule has 20 heavy (non-hydrogen) atoms. The van der Waals surface area contributed by atoms with Crippen LogP contribution in [0.25, 0.3) is 0 Å². The van der Waals surface area contributed by atoms with Crippen molar-refractivity contribution >= 4 is 21.6 Å². The number of aromatic nitrogens is 2. The minimum atomic E-state index is -3.75. The van der Waals surface area contributed by atoms with Gasteiger partial charge in [-0.15, -0.1) is 0 Å². The number of hydrogen-bond donors (Lipinski definition) is 1. The normalized spacial score (nSPS) is 11.2. The Morgan fingerprint density at radius 1 is 1.50 bits per heavy atom. The molecule has 1 heterocycles. The van der Waals surface area contributed by atoms with Gasteiger partial charge in [0, 0.05) is 19.4 Å². The van der Waals surface area contributed by atoms with E-state index in [1.54, 1.807) is 24.0 Å². The molecule has 0 amide bonds. The van der Waals surface area contributed by atoms with Crippen molar-refractivity contribution < 1.29 is 8.42 Å². The van der Waals surface area contributed by atoms with E-state index in [4.69, 9.17) is 16.9 Å². The molecule has 0 fully saturated rings. The zero-order valence-corrected chi connectivity index (χ0v) is 12.1. The third-order valence-corrected chi connectivity index (χ3v) is 4.58. The topological polar surface area (TPSA) is 87.8 Å². The molecule has 0 spiro atoms. The molecule has 1 N–H and O–H groups in total. The van der Waals surface area contributed by atoms with Crippen LogP contribution in [0.3, 0.4) is 0 Å². The van der Waals surface area contributed by atoms with Crippen LogP contribution in [0.5, 0.6) is 0 Å². The van der Waals surface area contributed by atoms with Crippen LogP contribution < -0.4 is 4.72 Å². The van der Waals surface area contributed by atoms with E-state index >= 15 is 0 Å². The second-order valence-electron chi connectivity index (χ2n) is 4.04. The minimum absolute atomic E-state index is 0.0105. The molecule has 0 bridgehead atoms. The van der Waals surface area contributed by atoms with Crippen LogP contribution >= 0.6 is 11.6 Å². The maximum Gasteiger partial charge on any atom is 0.242 e. The lowest BCUT2D eigenvalue weighted by Crippen LogP contribution is -2.25. The molecule has 0 aliphatic rings. The van der Waals surface area contributed by atoms with Crippen LogP contribution in [-0.4, -0.2) is 18.0 Å². The van der Waals surface area contributed by atoms with Crippen molar-refractivity contribution in [3.8, 4) is 6.07 Å². The van der Waals surface area contributed by atoms with Crippen LogP contribution in [-0.2, 0) is 23.6 Å². The third-order valence-electron chi connectivity index (χ3n) is 2.69. The van der Waals surface area contributed by atoms with Crippen molar-refractivity contribution in [3.63, 3.8) is 0 Å². The quantitative estimate of drug-likeness (QED) is 0.925. The van der Waals surface area contributed by atoms with Gasteiger partial charge in [0.05, 0.1) is 23.2 Å². The number of rotatable bonds is 4. The average Bonchev–Trinajstić information content (AvgIpc) is 2.81. The fraction of sp³-hybridized carbons (Fsp3) is 0.167. The number of sulfonamides is 1. The van der Waals surface area contributed by atoms with Gasteiger partial charge in [-0.1, -0.05) is 11.6 Å². The number of hydrogen-bond acceptors (Lipinski definition) is 4. The molecule has 0 aliphatic carbocycles. The van der Waals surface area contributed by atoms with E-state index in [0.717, 1.165) is 0 Å². The van der Waals surface area contributed by atoms with Gasteiger partial charge in [-0.3, -0.25) is 0 Å². The Balaban J connectivity index is 2.23. The van der Waals surface area contributed by atoms with E-state index in [1.165, 1.54) is 18.2 Å². The first-order valence-electron chi connectivity index (χ1n) is 5.59. The highest BCUT2D eigenvalue weighted by molar-refractivity contribution is 7.89. The molecule has 2 aromatic rings. The average molecular weight is 311 g/mol. The molecule has 0 aliphatic heterocycles. The van der Waals surface area contributed by atoms with Gasteiger partial charge in [-0.25, -0.2) is 18.1 Å². The SMILES string of the molecule is Cn1ccnc1CNS(=O)(=O)c1ccc(C#N)cc1Cl. The first-order valence-corrected chi connectivity index (χ1v) is 7.45. The standard InChI is InChI=1S/C12H11ClN4O2S/c1-17-5-4-15-12(17)8-16-20(18,19)11-3-2-9(7-14)6-10(11)13/h2-6,16H,8H2,1H3. The van der Waals surface area contributed by atoms with E-state index in [0.29, 0.717) is 11.4 Å². The van der Waals surface area contributed by atoms with Crippen molar-refractivity contribution in [2.45, 2.75) is 11.4 Å². The zero-order valence-electron chi connectivity index (χ0n) is 10.5. The summed E-state index contributed by atoms with van der Waals surface area (Å²) in [6.45, 7) is 0.0577. The number of nitrogens with zero attached hydrogens (tertiary/aromatic N) is 3. The molecule has 0 radical (unpaired) electrons. The maximum atomic E-state index is 12.1. The van der Waals surface area contributed by atoms with E-state index in [1.807, 2.05) is 6.07 Å². The highest BCUT2D eigenvalue weighted by Gasteiger charge is 2.18. The van der Waals surface area contributed by atoms with E-state index in [-0.39, 0.29) is 16.5 Å². The minimum Gasteiger partial charge on any atom is -0.337 e. The summed E-state index contributed by atoms with van der Waals surface area (Å²) in [4.78, 5) is 3.96. The Morgan fingerprint density at radius 3 is 2.80 bits per heavy atom. The van der Waals surface area contributed by atoms with Gasteiger partial charge in [0.1, 0.15) is 10.7 Å². The molecule has 0 atom stereocenters. The number of aryl methyl sites for hydroxylation is 1. The number of benzene rings is 1. The monoisotopic (exact) mass is 310 g/mol. The highest BCUT2D eigenvalue weighted by Crippen LogP contribution is 2.22. The van der Waals surface area contributed by atoms with Crippen LogP contribution in [0.15, 0.2) is 35.5 Å². The zero-order chi connectivity index (χ0) is 14.8. The Bertz CT molecular complexity index is 777. The summed E-state index contributed by atoms with van der Waals surface area (Å²) >= 11 is 5.89. The second kappa shape index (κ2) is 5.63. The first kappa shape index (κ1) is 14.5. The molecule has 0 saturated heterocycles. The summed E-state index contributed by atoms with van der Waals surface area (Å²) in [5, 5.41) is 8.74. The molecule has 8 heteroatoms. The van der Waals surface area contributed by atoms with Gasteiger partial charge < -0.3 is 4.57 Å². The van der Waals surface area contributed by atoms with Crippen molar-refractivity contribution in [2.75, 3.05) is 0 Å². The lowest BCUT2D eigenvalue weighted by atomic mass is 10.2. The van der Waals surface area contributed by atoms with Gasteiger partial charge in [-0.2, -0.15) is 5.26 Å². The number of nitrogens with one attached hydrogen (secondary N) is 1. The molecule has 104 valence electrons. The summed E-state index contributed by atoms with van der Waals surface area (Å²) in [6.07, 6.45) is 3.30. The van der Waals surface area contributed by atoms with Gasteiger partial charge in [0.25, 0.3) is 0 Å². The molecular formula is C12H11ClN4O2S. The fourth-order valence-electron chi connectivity index (χ4n) is 1.59. The van der Waals surface area contributed by atoms with Crippen molar-refractivity contribution in [3.05, 3.63) is 47.0 Å². The van der Waals surface area contributed by atoms with Gasteiger partial charge in [0.2, 0.25) is 10.0 Å². The molecule has 2 rings (SSSR count). The first-order chi connectivity index (χ1) is 9.44. The Labute approximate surface area is 121 Å².